The number of carbonyl (C=O) groups excluding carboxylic acids is 2. The Morgan fingerprint density at radius 1 is 0.833 bits per heavy atom. The van der Waals surface area contributed by atoms with Gasteiger partial charge in [-0.1, -0.05) is 19.9 Å². The first-order chi connectivity index (χ1) is 14.4. The maximum atomic E-state index is 13.6. The third-order valence-corrected chi connectivity index (χ3v) is 4.88. The van der Waals surface area contributed by atoms with Crippen molar-refractivity contribution in [2.24, 2.45) is 0 Å². The smallest absolute Gasteiger partial charge is 0.251 e. The van der Waals surface area contributed by atoms with Crippen LogP contribution in [0, 0.1) is 12.7 Å². The summed E-state index contributed by atoms with van der Waals surface area (Å²) in [5.41, 5.74) is 4.58. The normalized spacial score (nSPS) is 10.8. The van der Waals surface area contributed by atoms with Crippen LogP contribution in [-0.4, -0.2) is 34.9 Å². The van der Waals surface area contributed by atoms with Crippen LogP contribution < -0.4 is 10.6 Å². The van der Waals surface area contributed by atoms with Gasteiger partial charge in [0.2, 0.25) is 0 Å². The second kappa shape index (κ2) is 9.43. The molecule has 2 N–H and O–H groups in total. The molecule has 1 heterocycles. The summed E-state index contributed by atoms with van der Waals surface area (Å²) in [6.07, 6.45) is 1.60. The molecule has 1 aromatic heterocycles. The maximum absolute atomic E-state index is 13.6. The van der Waals surface area contributed by atoms with E-state index in [1.165, 1.54) is 6.07 Å². The van der Waals surface area contributed by atoms with E-state index in [0.717, 1.165) is 29.7 Å². The Morgan fingerprint density at radius 3 is 1.93 bits per heavy atom. The van der Waals surface area contributed by atoms with Gasteiger partial charge in [-0.15, -0.1) is 0 Å². The average molecular weight is 408 g/mol. The SMILES string of the molecule is CCc1nc2ccc(C(=O)NCCNC(=O)c3ccc(C)c(F)c3)cc2nc1CC. The maximum Gasteiger partial charge on any atom is 0.251 e. The monoisotopic (exact) mass is 408 g/mol. The molecule has 30 heavy (non-hydrogen) atoms. The van der Waals surface area contributed by atoms with Gasteiger partial charge < -0.3 is 10.6 Å². The van der Waals surface area contributed by atoms with Gasteiger partial charge in [0, 0.05) is 24.2 Å². The van der Waals surface area contributed by atoms with Crippen LogP contribution in [0.2, 0.25) is 0 Å². The van der Waals surface area contributed by atoms with Crippen molar-refractivity contribution in [2.75, 3.05) is 13.1 Å². The van der Waals surface area contributed by atoms with E-state index in [1.54, 1.807) is 37.3 Å². The molecule has 0 aliphatic heterocycles. The first-order valence-corrected chi connectivity index (χ1v) is 10.0. The van der Waals surface area contributed by atoms with E-state index in [9.17, 15) is 14.0 Å². The van der Waals surface area contributed by atoms with E-state index in [4.69, 9.17) is 0 Å². The quantitative estimate of drug-likeness (QED) is 0.587. The van der Waals surface area contributed by atoms with Gasteiger partial charge in [0.05, 0.1) is 22.4 Å². The average Bonchev–Trinajstić information content (AvgIpc) is 2.76. The number of hydrogen-bond donors (Lipinski definition) is 2. The number of benzene rings is 2. The van der Waals surface area contributed by atoms with Crippen LogP contribution >= 0.6 is 0 Å². The van der Waals surface area contributed by atoms with Gasteiger partial charge in [0.25, 0.3) is 11.8 Å². The summed E-state index contributed by atoms with van der Waals surface area (Å²) in [4.78, 5) is 33.8. The lowest BCUT2D eigenvalue weighted by Crippen LogP contribution is -2.34. The topological polar surface area (TPSA) is 84.0 Å². The number of carbonyl (C=O) groups is 2. The lowest BCUT2D eigenvalue weighted by molar-refractivity contribution is 0.0927. The molecule has 0 spiro atoms. The van der Waals surface area contributed by atoms with Gasteiger partial charge >= 0.3 is 0 Å². The van der Waals surface area contributed by atoms with Gasteiger partial charge in [0.15, 0.2) is 0 Å². The van der Waals surface area contributed by atoms with Gasteiger partial charge in [-0.2, -0.15) is 0 Å². The summed E-state index contributed by atoms with van der Waals surface area (Å²) in [6.45, 7) is 6.19. The lowest BCUT2D eigenvalue weighted by Gasteiger charge is -2.09. The van der Waals surface area contributed by atoms with Gasteiger partial charge in [-0.3, -0.25) is 9.59 Å². The van der Waals surface area contributed by atoms with Crippen LogP contribution in [0.5, 0.6) is 0 Å². The van der Waals surface area contributed by atoms with Crippen molar-refractivity contribution in [2.45, 2.75) is 33.6 Å². The first kappa shape index (κ1) is 21.4. The molecular weight excluding hydrogens is 383 g/mol. The zero-order valence-corrected chi connectivity index (χ0v) is 17.4. The summed E-state index contributed by atoms with van der Waals surface area (Å²) in [5, 5.41) is 5.43. The number of aryl methyl sites for hydroxylation is 3. The zero-order chi connectivity index (χ0) is 21.7. The van der Waals surface area contributed by atoms with E-state index in [0.29, 0.717) is 16.6 Å². The fourth-order valence-electron chi connectivity index (χ4n) is 3.13. The molecule has 0 saturated carbocycles. The van der Waals surface area contributed by atoms with Gasteiger partial charge in [-0.25, -0.2) is 14.4 Å². The van der Waals surface area contributed by atoms with Crippen molar-refractivity contribution in [3.8, 4) is 0 Å². The number of fused-ring (bicyclic) bond motifs is 1. The highest BCUT2D eigenvalue weighted by atomic mass is 19.1. The Morgan fingerprint density at radius 2 is 1.37 bits per heavy atom. The fraction of sp³-hybridized carbons (Fsp3) is 0.304. The van der Waals surface area contributed by atoms with Crippen molar-refractivity contribution in [1.82, 2.24) is 20.6 Å². The molecular formula is C23H25FN4O2. The molecule has 6 nitrogen and oxygen atoms in total. The van der Waals surface area contributed by atoms with Crippen LogP contribution in [0.25, 0.3) is 11.0 Å². The predicted molar refractivity (Wildman–Crippen MR) is 114 cm³/mol. The summed E-state index contributed by atoms with van der Waals surface area (Å²) >= 11 is 0. The van der Waals surface area contributed by atoms with Crippen LogP contribution in [-0.2, 0) is 12.8 Å². The molecule has 0 atom stereocenters. The summed E-state index contributed by atoms with van der Waals surface area (Å²) in [7, 11) is 0. The molecule has 0 saturated heterocycles. The molecule has 0 fully saturated rings. The number of nitrogens with zero attached hydrogens (tertiary/aromatic N) is 2. The first-order valence-electron chi connectivity index (χ1n) is 10.0. The minimum Gasteiger partial charge on any atom is -0.350 e. The predicted octanol–water partition coefficient (Wildman–Crippen LogP) is 3.36. The third-order valence-electron chi connectivity index (χ3n) is 4.88. The van der Waals surface area contributed by atoms with E-state index < -0.39 is 5.82 Å². The summed E-state index contributed by atoms with van der Waals surface area (Å²) in [5.74, 6) is -1.07. The summed E-state index contributed by atoms with van der Waals surface area (Å²) < 4.78 is 13.6. The van der Waals surface area contributed by atoms with Crippen LogP contribution in [0.15, 0.2) is 36.4 Å². The molecule has 156 valence electrons. The van der Waals surface area contributed by atoms with Crippen molar-refractivity contribution < 1.29 is 14.0 Å². The largest absolute Gasteiger partial charge is 0.350 e. The van der Waals surface area contributed by atoms with Gasteiger partial charge in [0.1, 0.15) is 5.82 Å². The molecule has 0 aliphatic carbocycles. The molecule has 0 aliphatic rings. The standard InChI is InChI=1S/C23H25FN4O2/c1-4-18-19(5-2)28-21-13-16(8-9-20(21)27-18)23(30)26-11-10-25-22(29)15-7-6-14(3)17(24)12-15/h6-9,12-13H,4-5,10-11H2,1-3H3,(H,25,29)(H,26,30). The Bertz CT molecular complexity index is 1100. The molecule has 0 bridgehead atoms. The number of aromatic nitrogens is 2. The van der Waals surface area contributed by atoms with E-state index in [2.05, 4.69) is 20.6 Å². The molecule has 3 aromatic rings. The highest BCUT2D eigenvalue weighted by Gasteiger charge is 2.11. The van der Waals surface area contributed by atoms with Gasteiger partial charge in [-0.05, 0) is 55.7 Å². The van der Waals surface area contributed by atoms with Crippen molar-refractivity contribution in [3.63, 3.8) is 0 Å². The number of nitrogens with one attached hydrogen (secondary N) is 2. The van der Waals surface area contributed by atoms with E-state index in [-0.39, 0.29) is 30.5 Å². The molecule has 0 radical (unpaired) electrons. The Kier molecular flexibility index (Phi) is 6.72. The zero-order valence-electron chi connectivity index (χ0n) is 17.4. The van der Waals surface area contributed by atoms with Crippen LogP contribution in [0.1, 0.15) is 51.5 Å². The number of hydrogen-bond acceptors (Lipinski definition) is 4. The summed E-state index contributed by atoms with van der Waals surface area (Å²) in [6, 6.07) is 9.56. The molecule has 7 heteroatoms. The number of rotatable bonds is 7. The Hall–Kier alpha value is -3.35. The minimum absolute atomic E-state index is 0.229. The Labute approximate surface area is 174 Å². The second-order valence-electron chi connectivity index (χ2n) is 7.00. The van der Waals surface area contributed by atoms with Crippen LogP contribution in [0.4, 0.5) is 4.39 Å². The molecule has 0 unspecified atom stereocenters. The van der Waals surface area contributed by atoms with Crippen LogP contribution in [0.3, 0.4) is 0 Å². The fourth-order valence-corrected chi connectivity index (χ4v) is 3.13. The van der Waals surface area contributed by atoms with Crippen molar-refractivity contribution >= 4 is 22.8 Å². The molecule has 3 rings (SSSR count). The number of halogens is 1. The van der Waals surface area contributed by atoms with Crippen molar-refractivity contribution in [1.29, 1.82) is 0 Å². The van der Waals surface area contributed by atoms with E-state index in [1.807, 2.05) is 13.8 Å². The molecule has 2 amide bonds. The highest BCUT2D eigenvalue weighted by molar-refractivity contribution is 5.97. The highest BCUT2D eigenvalue weighted by Crippen LogP contribution is 2.16. The molecule has 2 aromatic carbocycles. The Balaban J connectivity index is 1.58. The second-order valence-corrected chi connectivity index (χ2v) is 7.00. The lowest BCUT2D eigenvalue weighted by atomic mass is 10.1. The third kappa shape index (κ3) is 4.79. The minimum atomic E-state index is -0.423. The van der Waals surface area contributed by atoms with E-state index >= 15 is 0 Å². The number of amides is 2. The van der Waals surface area contributed by atoms with Crippen molar-refractivity contribution in [3.05, 3.63) is 70.3 Å².